The lowest BCUT2D eigenvalue weighted by Gasteiger charge is -2.36. The van der Waals surface area contributed by atoms with E-state index in [1.807, 2.05) is 39.8 Å². The third kappa shape index (κ3) is 7.75. The fourth-order valence-electron chi connectivity index (χ4n) is 7.52. The highest BCUT2D eigenvalue weighted by atomic mass is 19.1. The lowest BCUT2D eigenvalue weighted by Crippen LogP contribution is -2.48. The summed E-state index contributed by atoms with van der Waals surface area (Å²) in [4.78, 5) is 17.0. The number of aromatic nitrogens is 2. The molecule has 45 heavy (non-hydrogen) atoms. The average molecular weight is 623 g/mol. The van der Waals surface area contributed by atoms with Gasteiger partial charge in [0.1, 0.15) is 11.9 Å². The van der Waals surface area contributed by atoms with Crippen LogP contribution in [-0.4, -0.2) is 76.0 Å². The first kappa shape index (κ1) is 33.1. The first-order valence-corrected chi connectivity index (χ1v) is 16.4. The zero-order valence-electron chi connectivity index (χ0n) is 27.3. The van der Waals surface area contributed by atoms with Crippen molar-refractivity contribution in [2.75, 3.05) is 39.3 Å². The van der Waals surface area contributed by atoms with Crippen LogP contribution in [0.3, 0.4) is 0 Å². The van der Waals surface area contributed by atoms with Crippen molar-refractivity contribution in [3.05, 3.63) is 82.7 Å². The maximum absolute atomic E-state index is 14.4. The van der Waals surface area contributed by atoms with Crippen LogP contribution in [0, 0.1) is 23.0 Å². The van der Waals surface area contributed by atoms with Crippen LogP contribution in [0.4, 0.5) is 8.78 Å². The molecule has 3 atom stereocenters. The Morgan fingerprint density at radius 2 is 1.82 bits per heavy atom. The molecular weight excluding hydrogens is 574 g/mol. The highest BCUT2D eigenvalue weighted by Gasteiger charge is 2.44. The van der Waals surface area contributed by atoms with Gasteiger partial charge >= 0.3 is 5.97 Å². The minimum atomic E-state index is -0.804. The van der Waals surface area contributed by atoms with Crippen LogP contribution in [0.1, 0.15) is 81.8 Å². The minimum absolute atomic E-state index is 0.0687. The number of benzene rings is 2. The molecule has 7 nitrogen and oxygen atoms in total. The molecule has 2 fully saturated rings. The minimum Gasteiger partial charge on any atom is -0.491 e. The molecule has 0 unspecified atom stereocenters. The Bertz CT molecular complexity index is 1460. The van der Waals surface area contributed by atoms with Crippen LogP contribution in [0.15, 0.2) is 48.5 Å². The maximum Gasteiger partial charge on any atom is 0.321 e. The molecule has 0 saturated carbocycles. The van der Waals surface area contributed by atoms with Crippen molar-refractivity contribution < 1.29 is 23.4 Å². The van der Waals surface area contributed by atoms with Gasteiger partial charge < -0.3 is 14.7 Å². The Balaban J connectivity index is 1.26. The molecule has 2 aliphatic rings. The molecule has 3 heterocycles. The van der Waals surface area contributed by atoms with Gasteiger partial charge in [-0.1, -0.05) is 39.0 Å². The second-order valence-corrected chi connectivity index (χ2v) is 13.8. The monoisotopic (exact) mass is 622 g/mol. The highest BCUT2D eigenvalue weighted by molar-refractivity contribution is 5.74. The van der Waals surface area contributed by atoms with Crippen molar-refractivity contribution in [3.63, 3.8) is 0 Å². The molecule has 0 bridgehead atoms. The molecule has 0 radical (unpaired) electrons. The van der Waals surface area contributed by atoms with E-state index < -0.39 is 17.4 Å². The number of ether oxygens (including phenoxy) is 1. The number of rotatable bonds is 11. The van der Waals surface area contributed by atoms with Gasteiger partial charge in [-0.05, 0) is 92.6 Å². The normalized spacial score (nSPS) is 20.9. The smallest absolute Gasteiger partial charge is 0.321 e. The van der Waals surface area contributed by atoms with Crippen LogP contribution < -0.4 is 4.74 Å². The topological polar surface area (TPSA) is 70.8 Å². The molecule has 1 N–H and O–H groups in total. The first-order chi connectivity index (χ1) is 21.5. The molecule has 2 saturated heterocycles. The summed E-state index contributed by atoms with van der Waals surface area (Å²) in [6, 6.07) is 13.5. The molecule has 1 aromatic heterocycles. The van der Waals surface area contributed by atoms with Crippen LogP contribution in [0.5, 0.6) is 5.75 Å². The molecule has 2 aliphatic heterocycles. The zero-order chi connectivity index (χ0) is 32.3. The van der Waals surface area contributed by atoms with E-state index in [0.29, 0.717) is 32.0 Å². The van der Waals surface area contributed by atoms with Crippen molar-refractivity contribution >= 4 is 5.97 Å². The fraction of sp³-hybridized carbons (Fsp3) is 0.556. The van der Waals surface area contributed by atoms with E-state index >= 15 is 0 Å². The quantitative estimate of drug-likeness (QED) is 0.261. The van der Waals surface area contributed by atoms with Crippen molar-refractivity contribution in [3.8, 4) is 5.75 Å². The summed E-state index contributed by atoms with van der Waals surface area (Å²) in [6.07, 6.45) is 2.57. The van der Waals surface area contributed by atoms with Crippen molar-refractivity contribution in [2.45, 2.75) is 78.3 Å². The Morgan fingerprint density at radius 3 is 2.44 bits per heavy atom. The average Bonchev–Trinajstić information content (AvgIpc) is 3.58. The van der Waals surface area contributed by atoms with Crippen molar-refractivity contribution in [1.82, 2.24) is 19.6 Å². The lowest BCUT2D eigenvalue weighted by molar-refractivity contribution is -0.147. The van der Waals surface area contributed by atoms with Gasteiger partial charge in [-0.3, -0.25) is 14.4 Å². The third-order valence-corrected chi connectivity index (χ3v) is 9.51. The number of carboxylic acid groups (broad SMARTS) is 1. The predicted molar refractivity (Wildman–Crippen MR) is 172 cm³/mol. The summed E-state index contributed by atoms with van der Waals surface area (Å²) in [5, 5.41) is 15.0. The number of halogens is 2. The second kappa shape index (κ2) is 14.0. The zero-order valence-corrected chi connectivity index (χ0v) is 27.3. The Hall–Kier alpha value is -3.30. The van der Waals surface area contributed by atoms with Gasteiger partial charge in [-0.25, -0.2) is 8.78 Å². The number of hydrogen-bond acceptors (Lipinski definition) is 5. The first-order valence-electron chi connectivity index (χ1n) is 16.4. The molecule has 0 spiro atoms. The van der Waals surface area contributed by atoms with E-state index in [1.165, 1.54) is 17.8 Å². The number of nitrogens with zero attached hydrogens (tertiary/aromatic N) is 4. The molecule has 244 valence electrons. The van der Waals surface area contributed by atoms with Crippen LogP contribution in [-0.2, 0) is 17.8 Å². The van der Waals surface area contributed by atoms with E-state index in [-0.39, 0.29) is 29.2 Å². The molecule has 5 rings (SSSR count). The van der Waals surface area contributed by atoms with Gasteiger partial charge in [0, 0.05) is 50.1 Å². The molecule has 9 heteroatoms. The van der Waals surface area contributed by atoms with Gasteiger partial charge in [-0.2, -0.15) is 5.10 Å². The van der Waals surface area contributed by atoms with Gasteiger partial charge in [-0.15, -0.1) is 0 Å². The van der Waals surface area contributed by atoms with Gasteiger partial charge in [0.05, 0.1) is 12.3 Å². The number of hydrogen-bond donors (Lipinski definition) is 1. The van der Waals surface area contributed by atoms with Gasteiger partial charge in [0.15, 0.2) is 11.6 Å². The summed E-state index contributed by atoms with van der Waals surface area (Å²) < 4.78 is 36.2. The molecule has 3 aromatic rings. The van der Waals surface area contributed by atoms with E-state index in [9.17, 15) is 18.7 Å². The SMILES string of the molecule is CCOc1ccc(Cc2cc(C3CCN(C[C@H]4CN([C@@H](C(=O)O)C(C)(C)C)C[C@@H]4c4cccc(F)c4)CC3)n(CC)n2)cc1F. The standard InChI is InChI=1S/C36H48F2N4O3/c1-6-42-32(20-29(39-42)17-24-11-12-33(45-7-2)31(38)18-24)25-13-15-40(16-14-25)21-27-22-41(34(35(43)44)36(3,4)5)23-30(27)26-9-8-10-28(37)19-26/h8-12,18-20,25,27,30,34H,6-7,13-17,21-23H2,1-5H3,(H,43,44)/t27-,30+,34-/m0/s1. The maximum atomic E-state index is 14.4. The van der Waals surface area contributed by atoms with E-state index in [2.05, 4.69) is 27.5 Å². The fourth-order valence-corrected chi connectivity index (χ4v) is 7.52. The number of likely N-dealkylation sites (tertiary alicyclic amines) is 2. The largest absolute Gasteiger partial charge is 0.491 e. The number of aryl methyl sites for hydroxylation is 1. The van der Waals surface area contributed by atoms with Gasteiger partial charge in [0.2, 0.25) is 0 Å². The Kier molecular flexibility index (Phi) is 10.3. The molecule has 0 aliphatic carbocycles. The summed E-state index contributed by atoms with van der Waals surface area (Å²) in [5.41, 5.74) is 3.56. The third-order valence-electron chi connectivity index (χ3n) is 9.51. The van der Waals surface area contributed by atoms with Crippen LogP contribution in [0.25, 0.3) is 0 Å². The second-order valence-electron chi connectivity index (χ2n) is 13.8. The lowest BCUT2D eigenvalue weighted by atomic mass is 9.85. The summed E-state index contributed by atoms with van der Waals surface area (Å²) in [7, 11) is 0. The summed E-state index contributed by atoms with van der Waals surface area (Å²) in [6.45, 7) is 15.1. The van der Waals surface area contributed by atoms with Gasteiger partial charge in [0.25, 0.3) is 0 Å². The van der Waals surface area contributed by atoms with E-state index in [4.69, 9.17) is 9.84 Å². The number of carbonyl (C=O) groups is 1. The number of aliphatic carboxylic acids is 1. The molecule has 2 aromatic carbocycles. The van der Waals surface area contributed by atoms with Crippen molar-refractivity contribution in [1.29, 1.82) is 0 Å². The molecular formula is C36H48F2N4O3. The van der Waals surface area contributed by atoms with E-state index in [0.717, 1.165) is 55.8 Å². The number of piperidine rings is 1. The van der Waals surface area contributed by atoms with E-state index in [1.54, 1.807) is 18.2 Å². The summed E-state index contributed by atoms with van der Waals surface area (Å²) in [5.74, 6) is -0.475. The van der Waals surface area contributed by atoms with Crippen LogP contribution in [0.2, 0.25) is 0 Å². The predicted octanol–water partition coefficient (Wildman–Crippen LogP) is 6.57. The Morgan fingerprint density at radius 1 is 1.07 bits per heavy atom. The molecule has 0 amide bonds. The Labute approximate surface area is 266 Å². The highest BCUT2D eigenvalue weighted by Crippen LogP contribution is 2.39. The van der Waals surface area contributed by atoms with Crippen LogP contribution >= 0.6 is 0 Å². The summed E-state index contributed by atoms with van der Waals surface area (Å²) >= 11 is 0. The number of carboxylic acids is 1. The van der Waals surface area contributed by atoms with Crippen molar-refractivity contribution in [2.24, 2.45) is 11.3 Å².